The summed E-state index contributed by atoms with van der Waals surface area (Å²) < 4.78 is 13.3. The van der Waals surface area contributed by atoms with E-state index in [1.807, 2.05) is 6.07 Å². The molecule has 1 heterocycles. The van der Waals surface area contributed by atoms with Gasteiger partial charge >= 0.3 is 0 Å². The summed E-state index contributed by atoms with van der Waals surface area (Å²) in [6.07, 6.45) is 3.65. The molecule has 2 rings (SSSR count). The first-order chi connectivity index (χ1) is 7.18. The van der Waals surface area contributed by atoms with Crippen molar-refractivity contribution in [2.45, 2.75) is 32.2 Å². The molecule has 1 aliphatic heterocycles. The third kappa shape index (κ3) is 2.25. The summed E-state index contributed by atoms with van der Waals surface area (Å²) in [5.74, 6) is -0.327. The van der Waals surface area contributed by atoms with Gasteiger partial charge in [-0.3, -0.25) is 0 Å². The molecule has 1 fully saturated rings. The van der Waals surface area contributed by atoms with Crippen LogP contribution in [-0.4, -0.2) is 12.6 Å². The Morgan fingerprint density at radius 3 is 2.87 bits per heavy atom. The molecule has 0 bridgehead atoms. The van der Waals surface area contributed by atoms with Crippen molar-refractivity contribution < 1.29 is 4.39 Å². The van der Waals surface area contributed by atoms with Gasteiger partial charge in [-0.25, -0.2) is 4.39 Å². The van der Waals surface area contributed by atoms with E-state index in [9.17, 15) is 4.39 Å². The summed E-state index contributed by atoms with van der Waals surface area (Å²) in [4.78, 5) is 2.25. The maximum Gasteiger partial charge on any atom is 0.143 e. The second kappa shape index (κ2) is 4.40. The number of hydrogen-bond acceptors (Lipinski definition) is 1. The predicted molar refractivity (Wildman–Crippen MR) is 62.1 cm³/mol. The Hall–Kier alpha value is -0.760. The smallest absolute Gasteiger partial charge is 0.143 e. The van der Waals surface area contributed by atoms with E-state index in [1.54, 1.807) is 6.07 Å². The van der Waals surface area contributed by atoms with Crippen LogP contribution in [-0.2, 0) is 0 Å². The lowest BCUT2D eigenvalue weighted by atomic mass is 10.0. The first-order valence-electron chi connectivity index (χ1n) is 5.40. The lowest BCUT2D eigenvalue weighted by Gasteiger charge is -2.35. The van der Waals surface area contributed by atoms with Crippen molar-refractivity contribution in [3.05, 3.63) is 29.0 Å². The zero-order chi connectivity index (χ0) is 10.8. The molecule has 1 saturated heterocycles. The zero-order valence-corrected chi connectivity index (χ0v) is 9.60. The van der Waals surface area contributed by atoms with Gasteiger partial charge in [0.1, 0.15) is 5.82 Å². The van der Waals surface area contributed by atoms with E-state index >= 15 is 0 Å². The molecule has 0 radical (unpaired) electrons. The largest absolute Gasteiger partial charge is 0.369 e. The highest BCUT2D eigenvalue weighted by Crippen LogP contribution is 2.27. The van der Waals surface area contributed by atoms with Crippen molar-refractivity contribution in [1.29, 1.82) is 0 Å². The predicted octanol–water partition coefficient (Wildman–Crippen LogP) is 3.86. The second-order valence-corrected chi connectivity index (χ2v) is 4.54. The van der Waals surface area contributed by atoms with Crippen molar-refractivity contribution in [1.82, 2.24) is 0 Å². The Bertz CT molecular complexity index is 353. The van der Waals surface area contributed by atoms with E-state index in [-0.39, 0.29) is 10.8 Å². The van der Waals surface area contributed by atoms with Crippen molar-refractivity contribution in [3.63, 3.8) is 0 Å². The van der Waals surface area contributed by atoms with Crippen molar-refractivity contribution in [2.24, 2.45) is 0 Å². The summed E-state index contributed by atoms with van der Waals surface area (Å²) in [5, 5.41) is 0.198. The van der Waals surface area contributed by atoms with Gasteiger partial charge in [0.2, 0.25) is 0 Å². The van der Waals surface area contributed by atoms with Crippen LogP contribution in [0.25, 0.3) is 0 Å². The Balaban J connectivity index is 2.24. The molecule has 1 aromatic rings. The second-order valence-electron chi connectivity index (χ2n) is 4.14. The minimum absolute atomic E-state index is 0.198. The molecule has 1 atom stereocenters. The SMILES string of the molecule is C[C@H]1CCCCN1c1ccc(Cl)c(F)c1. The van der Waals surface area contributed by atoms with Crippen LogP contribution in [0.3, 0.4) is 0 Å². The lowest BCUT2D eigenvalue weighted by Crippen LogP contribution is -2.37. The van der Waals surface area contributed by atoms with E-state index in [2.05, 4.69) is 11.8 Å². The number of hydrogen-bond donors (Lipinski definition) is 0. The van der Waals surface area contributed by atoms with Gasteiger partial charge in [-0.2, -0.15) is 0 Å². The molecule has 0 spiro atoms. The summed E-state index contributed by atoms with van der Waals surface area (Å²) in [7, 11) is 0. The fourth-order valence-electron chi connectivity index (χ4n) is 2.15. The van der Waals surface area contributed by atoms with Gasteiger partial charge < -0.3 is 4.90 Å². The number of halogens is 2. The number of rotatable bonds is 1. The van der Waals surface area contributed by atoms with E-state index in [0.29, 0.717) is 6.04 Å². The van der Waals surface area contributed by atoms with Gasteiger partial charge in [-0.15, -0.1) is 0 Å². The van der Waals surface area contributed by atoms with Crippen LogP contribution in [0.5, 0.6) is 0 Å². The van der Waals surface area contributed by atoms with Gasteiger partial charge in [0.15, 0.2) is 0 Å². The molecule has 15 heavy (non-hydrogen) atoms. The molecule has 1 aromatic carbocycles. The normalized spacial score (nSPS) is 21.8. The molecule has 0 unspecified atom stereocenters. The topological polar surface area (TPSA) is 3.24 Å². The van der Waals surface area contributed by atoms with Crippen LogP contribution in [0.2, 0.25) is 5.02 Å². The van der Waals surface area contributed by atoms with Crippen LogP contribution in [0.15, 0.2) is 18.2 Å². The standard InChI is InChI=1S/C12H15ClFN/c1-9-4-2-3-7-15(9)10-5-6-11(13)12(14)8-10/h5-6,8-9H,2-4,7H2,1H3/t9-/m0/s1. The molecular formula is C12H15ClFN. The fourth-order valence-corrected chi connectivity index (χ4v) is 2.26. The summed E-state index contributed by atoms with van der Waals surface area (Å²) in [6, 6.07) is 5.56. The van der Waals surface area contributed by atoms with Crippen LogP contribution in [0.1, 0.15) is 26.2 Å². The molecule has 3 heteroatoms. The lowest BCUT2D eigenvalue weighted by molar-refractivity contribution is 0.484. The highest BCUT2D eigenvalue weighted by molar-refractivity contribution is 6.30. The van der Waals surface area contributed by atoms with E-state index < -0.39 is 0 Å². The molecule has 1 aliphatic rings. The summed E-state index contributed by atoms with van der Waals surface area (Å²) in [6.45, 7) is 3.20. The quantitative estimate of drug-likeness (QED) is 0.704. The highest BCUT2D eigenvalue weighted by atomic mass is 35.5. The van der Waals surface area contributed by atoms with Gasteiger partial charge in [-0.1, -0.05) is 11.6 Å². The third-order valence-corrected chi connectivity index (χ3v) is 3.34. The number of benzene rings is 1. The zero-order valence-electron chi connectivity index (χ0n) is 8.84. The van der Waals surface area contributed by atoms with Gasteiger partial charge in [0.05, 0.1) is 5.02 Å². The summed E-state index contributed by atoms with van der Waals surface area (Å²) >= 11 is 5.66. The summed E-state index contributed by atoms with van der Waals surface area (Å²) in [5.41, 5.74) is 0.948. The Morgan fingerprint density at radius 2 is 2.20 bits per heavy atom. The maximum absolute atomic E-state index is 13.3. The Morgan fingerprint density at radius 1 is 1.40 bits per heavy atom. The van der Waals surface area contributed by atoms with Crippen molar-refractivity contribution in [2.75, 3.05) is 11.4 Å². The third-order valence-electron chi connectivity index (χ3n) is 3.04. The molecule has 0 amide bonds. The average molecular weight is 228 g/mol. The highest BCUT2D eigenvalue weighted by Gasteiger charge is 2.19. The first-order valence-corrected chi connectivity index (χ1v) is 5.78. The molecule has 0 N–H and O–H groups in total. The number of piperidine rings is 1. The van der Waals surface area contributed by atoms with Crippen molar-refractivity contribution in [3.8, 4) is 0 Å². The van der Waals surface area contributed by atoms with Gasteiger partial charge in [0, 0.05) is 18.3 Å². The van der Waals surface area contributed by atoms with Crippen LogP contribution >= 0.6 is 11.6 Å². The minimum atomic E-state index is -0.327. The Labute approximate surface area is 94.8 Å². The minimum Gasteiger partial charge on any atom is -0.369 e. The number of anilines is 1. The maximum atomic E-state index is 13.3. The molecule has 82 valence electrons. The molecule has 0 saturated carbocycles. The molecule has 1 nitrogen and oxygen atoms in total. The first kappa shape index (κ1) is 10.7. The van der Waals surface area contributed by atoms with Gasteiger partial charge in [-0.05, 0) is 44.4 Å². The molecule has 0 aliphatic carbocycles. The fraction of sp³-hybridized carbons (Fsp3) is 0.500. The number of nitrogens with zero attached hydrogens (tertiary/aromatic N) is 1. The van der Waals surface area contributed by atoms with Gasteiger partial charge in [0.25, 0.3) is 0 Å². The van der Waals surface area contributed by atoms with E-state index in [1.165, 1.54) is 25.3 Å². The van der Waals surface area contributed by atoms with Crippen LogP contribution in [0.4, 0.5) is 10.1 Å². The van der Waals surface area contributed by atoms with Crippen LogP contribution in [0, 0.1) is 5.82 Å². The van der Waals surface area contributed by atoms with E-state index in [0.717, 1.165) is 12.2 Å². The van der Waals surface area contributed by atoms with Crippen LogP contribution < -0.4 is 4.90 Å². The molecule has 0 aromatic heterocycles. The van der Waals surface area contributed by atoms with E-state index in [4.69, 9.17) is 11.6 Å². The monoisotopic (exact) mass is 227 g/mol. The van der Waals surface area contributed by atoms with Crippen molar-refractivity contribution >= 4 is 17.3 Å². The molecular weight excluding hydrogens is 213 g/mol. The average Bonchev–Trinajstić information content (AvgIpc) is 2.23. The Kier molecular flexibility index (Phi) is 3.15.